The molecule has 0 aromatic heterocycles. The fourth-order valence-corrected chi connectivity index (χ4v) is 4.79. The smallest absolute Gasteiger partial charge is 0.227 e. The van der Waals surface area contributed by atoms with E-state index in [2.05, 4.69) is 5.32 Å². The molecular formula is C20H23FN2O4S. The van der Waals surface area contributed by atoms with Crippen LogP contribution in [0.5, 0.6) is 5.75 Å². The number of piperidine rings is 1. The van der Waals surface area contributed by atoms with Gasteiger partial charge in [-0.3, -0.25) is 4.79 Å². The summed E-state index contributed by atoms with van der Waals surface area (Å²) in [6.07, 6.45) is 0.858. The highest BCUT2D eigenvalue weighted by Gasteiger charge is 2.31. The highest BCUT2D eigenvalue weighted by atomic mass is 32.2. The first-order chi connectivity index (χ1) is 13.4. The Morgan fingerprint density at radius 3 is 2.39 bits per heavy atom. The molecule has 1 heterocycles. The van der Waals surface area contributed by atoms with Gasteiger partial charge in [-0.15, -0.1) is 0 Å². The summed E-state index contributed by atoms with van der Waals surface area (Å²) in [6, 6.07) is 12.9. The Kier molecular flexibility index (Phi) is 6.31. The highest BCUT2D eigenvalue weighted by molar-refractivity contribution is 7.88. The minimum Gasteiger partial charge on any atom is -0.497 e. The van der Waals surface area contributed by atoms with E-state index in [1.807, 2.05) is 0 Å². The summed E-state index contributed by atoms with van der Waals surface area (Å²) in [7, 11) is -2.06. The molecule has 2 aromatic carbocycles. The fraction of sp³-hybridized carbons (Fsp3) is 0.350. The van der Waals surface area contributed by atoms with Crippen molar-refractivity contribution in [2.45, 2.75) is 18.6 Å². The van der Waals surface area contributed by atoms with Gasteiger partial charge in [-0.2, -0.15) is 0 Å². The maximum atomic E-state index is 13.8. The third kappa shape index (κ3) is 4.88. The Hall–Kier alpha value is -2.45. The number of amides is 1. The minimum absolute atomic E-state index is 0.128. The Morgan fingerprint density at radius 1 is 1.14 bits per heavy atom. The van der Waals surface area contributed by atoms with Gasteiger partial charge in [-0.25, -0.2) is 17.1 Å². The van der Waals surface area contributed by atoms with E-state index in [4.69, 9.17) is 4.74 Å². The Balaban J connectivity index is 1.55. The minimum atomic E-state index is -3.63. The first kappa shape index (κ1) is 20.3. The van der Waals surface area contributed by atoms with Crippen molar-refractivity contribution in [3.8, 4) is 5.75 Å². The van der Waals surface area contributed by atoms with Gasteiger partial charge >= 0.3 is 0 Å². The van der Waals surface area contributed by atoms with Crippen LogP contribution in [0.15, 0.2) is 48.5 Å². The van der Waals surface area contributed by atoms with E-state index in [1.54, 1.807) is 37.4 Å². The zero-order valence-corrected chi connectivity index (χ0v) is 16.4. The molecule has 1 aliphatic rings. The van der Waals surface area contributed by atoms with Gasteiger partial charge in [0.05, 0.1) is 12.9 Å². The normalized spacial score (nSPS) is 15.9. The summed E-state index contributed by atoms with van der Waals surface area (Å²) in [5.41, 5.74) is 0.822. The van der Waals surface area contributed by atoms with Crippen molar-refractivity contribution in [2.75, 3.05) is 25.5 Å². The highest BCUT2D eigenvalue weighted by Crippen LogP contribution is 2.24. The molecule has 0 atom stereocenters. The van der Waals surface area contributed by atoms with Crippen molar-refractivity contribution < 1.29 is 22.3 Å². The molecule has 3 rings (SSSR count). The number of nitrogens with zero attached hydrogens (tertiary/aromatic N) is 1. The van der Waals surface area contributed by atoms with E-state index in [0.29, 0.717) is 24.3 Å². The molecule has 6 nitrogen and oxygen atoms in total. The fourth-order valence-electron chi connectivity index (χ4n) is 3.22. The van der Waals surface area contributed by atoms with Crippen LogP contribution < -0.4 is 10.1 Å². The average Bonchev–Trinajstić information content (AvgIpc) is 2.70. The van der Waals surface area contributed by atoms with Gasteiger partial charge in [0.15, 0.2) is 0 Å². The van der Waals surface area contributed by atoms with Crippen LogP contribution in [0.25, 0.3) is 0 Å². The molecule has 1 saturated heterocycles. The lowest BCUT2D eigenvalue weighted by molar-refractivity contribution is -0.120. The van der Waals surface area contributed by atoms with Crippen LogP contribution in [-0.4, -0.2) is 38.8 Å². The van der Waals surface area contributed by atoms with Crippen molar-refractivity contribution in [1.29, 1.82) is 0 Å². The number of carbonyl (C=O) groups is 1. The summed E-state index contributed by atoms with van der Waals surface area (Å²) in [5, 5.41) is 2.85. The monoisotopic (exact) mass is 406 g/mol. The predicted octanol–water partition coefficient (Wildman–Crippen LogP) is 3.01. The van der Waals surface area contributed by atoms with E-state index < -0.39 is 15.8 Å². The lowest BCUT2D eigenvalue weighted by atomic mass is 9.97. The quantitative estimate of drug-likeness (QED) is 0.800. The van der Waals surface area contributed by atoms with E-state index >= 15 is 0 Å². The number of halogens is 1. The van der Waals surface area contributed by atoms with Crippen LogP contribution >= 0.6 is 0 Å². The number of sulfonamides is 1. The summed E-state index contributed by atoms with van der Waals surface area (Å²) in [4.78, 5) is 12.5. The van der Waals surface area contributed by atoms with Gasteiger partial charge < -0.3 is 10.1 Å². The number of nitrogens with one attached hydrogen (secondary N) is 1. The second-order valence-corrected chi connectivity index (χ2v) is 8.71. The van der Waals surface area contributed by atoms with Gasteiger partial charge in [-0.1, -0.05) is 18.2 Å². The summed E-state index contributed by atoms with van der Waals surface area (Å²) in [6.45, 7) is 0.495. The molecule has 150 valence electrons. The molecule has 0 saturated carbocycles. The van der Waals surface area contributed by atoms with E-state index in [0.717, 1.165) is 0 Å². The van der Waals surface area contributed by atoms with Crippen molar-refractivity contribution in [2.24, 2.45) is 5.92 Å². The number of hydrogen-bond acceptors (Lipinski definition) is 4. The largest absolute Gasteiger partial charge is 0.497 e. The van der Waals surface area contributed by atoms with Crippen LogP contribution in [0.1, 0.15) is 18.4 Å². The molecule has 0 unspecified atom stereocenters. The lowest BCUT2D eigenvalue weighted by Crippen LogP contribution is -2.42. The Bertz CT molecular complexity index is 923. The predicted molar refractivity (Wildman–Crippen MR) is 105 cm³/mol. The molecule has 1 amide bonds. The SMILES string of the molecule is COc1ccc(NC(=O)C2CCN(S(=O)(=O)Cc3ccccc3F)CC2)cc1. The number of carbonyl (C=O) groups excluding carboxylic acids is 1. The summed E-state index contributed by atoms with van der Waals surface area (Å²) in [5.74, 6) is -0.591. The molecule has 28 heavy (non-hydrogen) atoms. The first-order valence-electron chi connectivity index (χ1n) is 9.05. The lowest BCUT2D eigenvalue weighted by Gasteiger charge is -2.30. The van der Waals surface area contributed by atoms with Crippen molar-refractivity contribution in [1.82, 2.24) is 4.31 Å². The average molecular weight is 406 g/mol. The van der Waals surface area contributed by atoms with Gasteiger partial charge in [0.25, 0.3) is 0 Å². The van der Waals surface area contributed by atoms with Crippen LogP contribution in [-0.2, 0) is 20.6 Å². The zero-order valence-electron chi connectivity index (χ0n) is 15.6. The van der Waals surface area contributed by atoms with Gasteiger partial charge in [0.2, 0.25) is 15.9 Å². The van der Waals surface area contributed by atoms with Crippen LogP contribution in [0, 0.1) is 11.7 Å². The number of benzene rings is 2. The molecule has 1 N–H and O–H groups in total. The number of anilines is 1. The van der Waals surface area contributed by atoms with Crippen LogP contribution in [0.4, 0.5) is 10.1 Å². The first-order valence-corrected chi connectivity index (χ1v) is 10.7. The number of ether oxygens (including phenoxy) is 1. The summed E-state index contributed by atoms with van der Waals surface area (Å²) < 4.78 is 45.4. The van der Waals surface area contributed by atoms with Gasteiger partial charge in [0.1, 0.15) is 11.6 Å². The van der Waals surface area contributed by atoms with Crippen molar-refractivity contribution in [3.63, 3.8) is 0 Å². The maximum Gasteiger partial charge on any atom is 0.227 e. The topological polar surface area (TPSA) is 75.7 Å². The number of rotatable bonds is 6. The van der Waals surface area contributed by atoms with E-state index in [-0.39, 0.29) is 36.2 Å². The Morgan fingerprint density at radius 2 is 1.79 bits per heavy atom. The Labute approximate surface area is 164 Å². The standard InChI is InChI=1S/C20H23FN2O4S/c1-27-18-8-6-17(7-9-18)22-20(24)15-10-12-23(13-11-15)28(25,26)14-16-4-2-3-5-19(16)21/h2-9,15H,10-14H2,1H3,(H,22,24). The summed E-state index contributed by atoms with van der Waals surface area (Å²) >= 11 is 0. The zero-order chi connectivity index (χ0) is 20.1. The molecule has 0 bridgehead atoms. The second kappa shape index (κ2) is 8.70. The van der Waals surface area contributed by atoms with Crippen LogP contribution in [0.2, 0.25) is 0 Å². The van der Waals surface area contributed by atoms with Gasteiger partial charge in [-0.05, 0) is 43.2 Å². The molecule has 1 aliphatic heterocycles. The molecule has 0 radical (unpaired) electrons. The second-order valence-electron chi connectivity index (χ2n) is 6.74. The third-order valence-corrected chi connectivity index (χ3v) is 6.70. The van der Waals surface area contributed by atoms with Crippen molar-refractivity contribution >= 4 is 21.6 Å². The van der Waals surface area contributed by atoms with Crippen molar-refractivity contribution in [3.05, 3.63) is 59.9 Å². The number of hydrogen-bond donors (Lipinski definition) is 1. The third-order valence-electron chi connectivity index (χ3n) is 4.87. The molecule has 8 heteroatoms. The molecular weight excluding hydrogens is 383 g/mol. The van der Waals surface area contributed by atoms with Gasteiger partial charge in [0, 0.05) is 30.3 Å². The molecule has 0 aliphatic carbocycles. The molecule has 2 aromatic rings. The van der Waals surface area contributed by atoms with E-state index in [1.165, 1.54) is 22.5 Å². The molecule has 1 fully saturated rings. The number of methoxy groups -OCH3 is 1. The van der Waals surface area contributed by atoms with Crippen LogP contribution in [0.3, 0.4) is 0 Å². The maximum absolute atomic E-state index is 13.8. The molecule has 0 spiro atoms. The van der Waals surface area contributed by atoms with E-state index in [9.17, 15) is 17.6 Å².